The molecule has 11 nitrogen and oxygen atoms in total. The van der Waals surface area contributed by atoms with Gasteiger partial charge in [0.05, 0.1) is 23.0 Å². The van der Waals surface area contributed by atoms with Crippen LogP contribution in [0.3, 0.4) is 0 Å². The number of amides is 3. The van der Waals surface area contributed by atoms with E-state index in [1.807, 2.05) is 36.5 Å². The van der Waals surface area contributed by atoms with Crippen molar-refractivity contribution in [3.63, 3.8) is 0 Å². The predicted molar refractivity (Wildman–Crippen MR) is 220 cm³/mol. The van der Waals surface area contributed by atoms with Crippen molar-refractivity contribution >= 4 is 23.4 Å². The van der Waals surface area contributed by atoms with Crippen molar-refractivity contribution in [1.82, 2.24) is 20.1 Å². The monoisotopic (exact) mass is 775 g/mol. The Morgan fingerprint density at radius 1 is 0.776 bits per heavy atom. The smallest absolute Gasteiger partial charge is 0.262 e. The molecule has 1 aromatic heterocycles. The van der Waals surface area contributed by atoms with Gasteiger partial charge in [0.2, 0.25) is 11.8 Å². The summed E-state index contributed by atoms with van der Waals surface area (Å²) in [4.78, 5) is 49.1. The van der Waals surface area contributed by atoms with Gasteiger partial charge >= 0.3 is 0 Å². The number of imide groups is 1. The fourth-order valence-corrected chi connectivity index (χ4v) is 8.90. The summed E-state index contributed by atoms with van der Waals surface area (Å²) in [5, 5.41) is 12.8. The first-order chi connectivity index (χ1) is 28.3. The molecule has 3 atom stereocenters. The summed E-state index contributed by atoms with van der Waals surface area (Å²) < 4.78 is 12.2. The summed E-state index contributed by atoms with van der Waals surface area (Å²) in [5.74, 6) is 1.27. The van der Waals surface area contributed by atoms with Gasteiger partial charge in [0.1, 0.15) is 29.9 Å². The average Bonchev–Trinajstić information content (AvgIpc) is 3.49. The molecule has 4 aliphatic rings. The van der Waals surface area contributed by atoms with Crippen LogP contribution in [0.1, 0.15) is 74.1 Å². The van der Waals surface area contributed by atoms with E-state index in [-0.39, 0.29) is 23.0 Å². The van der Waals surface area contributed by atoms with Gasteiger partial charge in [-0.3, -0.25) is 24.2 Å². The molecule has 0 bridgehead atoms. The highest BCUT2D eigenvalue weighted by molar-refractivity contribution is 6.23. The van der Waals surface area contributed by atoms with E-state index in [2.05, 4.69) is 75.2 Å². The van der Waals surface area contributed by atoms with E-state index < -0.39 is 17.9 Å². The normalized spacial score (nSPS) is 20.7. The van der Waals surface area contributed by atoms with E-state index in [0.717, 1.165) is 55.4 Å². The number of ether oxygens (including phenoxy) is 2. The Morgan fingerprint density at radius 2 is 1.55 bits per heavy atom. The molecule has 2 saturated heterocycles. The molecule has 2 fully saturated rings. The standard InChI is InChI=1S/C47H45N5O6/c1-30-7-19-42(45(54)49-30)52-46(55)40-18-15-37(28-41(40)47(52)56)57-26-25-50-21-23-51(24-22-50)34-11-20-43(48-29-34)58-36-13-8-32(9-14-36)44-38(31-5-3-2-4-6-31)16-10-33-27-35(53)12-17-39(33)44/h2-6,8-9,11-15,17-18,20,27-29,38,42,44,53H,1,7,10,16,19,21-26H2,(H,49,54)/t38-,42?,44+/m1/s1. The number of rotatable bonds is 10. The molecular formula is C47H45N5O6. The number of aromatic nitrogens is 1. The zero-order valence-corrected chi connectivity index (χ0v) is 32.2. The fraction of sp³-hybridized carbons (Fsp3) is 0.277. The molecule has 1 aliphatic carbocycles. The van der Waals surface area contributed by atoms with Gasteiger partial charge in [0.25, 0.3) is 11.8 Å². The third-order valence-electron chi connectivity index (χ3n) is 11.9. The number of fused-ring (bicyclic) bond motifs is 2. The Kier molecular flexibility index (Phi) is 10.1. The molecule has 3 aliphatic heterocycles. The summed E-state index contributed by atoms with van der Waals surface area (Å²) in [7, 11) is 0. The molecule has 58 heavy (non-hydrogen) atoms. The highest BCUT2D eigenvalue weighted by atomic mass is 16.5. The molecule has 0 spiro atoms. The Balaban J connectivity index is 0.764. The molecule has 9 rings (SSSR count). The number of nitrogens with one attached hydrogen (secondary N) is 1. The van der Waals surface area contributed by atoms with Crippen molar-refractivity contribution in [1.29, 1.82) is 0 Å². The number of carbonyl (C=O) groups excluding carboxylic acids is 3. The Hall–Kier alpha value is -6.46. The van der Waals surface area contributed by atoms with Crippen LogP contribution in [0, 0.1) is 0 Å². The number of nitrogens with zero attached hydrogens (tertiary/aromatic N) is 4. The van der Waals surface area contributed by atoms with Crippen LogP contribution in [0.4, 0.5) is 5.69 Å². The lowest BCUT2D eigenvalue weighted by atomic mass is 9.69. The van der Waals surface area contributed by atoms with Crippen molar-refractivity contribution < 1.29 is 29.0 Å². The van der Waals surface area contributed by atoms with E-state index in [1.54, 1.807) is 24.3 Å². The van der Waals surface area contributed by atoms with E-state index in [0.29, 0.717) is 55.0 Å². The van der Waals surface area contributed by atoms with E-state index in [4.69, 9.17) is 9.47 Å². The molecule has 1 unspecified atom stereocenters. The highest BCUT2D eigenvalue weighted by Crippen LogP contribution is 2.47. The van der Waals surface area contributed by atoms with Crippen LogP contribution in [-0.2, 0) is 11.2 Å². The van der Waals surface area contributed by atoms with Gasteiger partial charge in [0, 0.05) is 50.4 Å². The van der Waals surface area contributed by atoms with Crippen LogP contribution in [-0.4, -0.2) is 83.0 Å². The second-order valence-corrected chi connectivity index (χ2v) is 15.5. The van der Waals surface area contributed by atoms with Crippen LogP contribution in [0.2, 0.25) is 0 Å². The molecule has 11 heteroatoms. The van der Waals surface area contributed by atoms with Crippen molar-refractivity contribution in [2.24, 2.45) is 0 Å². The first kappa shape index (κ1) is 37.1. The van der Waals surface area contributed by atoms with Crippen molar-refractivity contribution in [3.8, 4) is 23.1 Å². The van der Waals surface area contributed by atoms with Gasteiger partial charge in [-0.15, -0.1) is 0 Å². The van der Waals surface area contributed by atoms with Gasteiger partial charge in [-0.2, -0.15) is 0 Å². The first-order valence-corrected chi connectivity index (χ1v) is 20.0. The number of phenolic OH excluding ortho intramolecular Hbond substituents is 1. The number of aromatic hydroxyl groups is 1. The molecule has 5 aromatic rings. The summed E-state index contributed by atoms with van der Waals surface area (Å²) in [6.45, 7) is 8.31. The quantitative estimate of drug-likeness (QED) is 0.144. The number of benzene rings is 4. The summed E-state index contributed by atoms with van der Waals surface area (Å²) in [6, 6.07) is 32.8. The number of pyridine rings is 1. The van der Waals surface area contributed by atoms with Crippen LogP contribution < -0.4 is 19.7 Å². The molecule has 2 N–H and O–H groups in total. The lowest BCUT2D eigenvalue weighted by Gasteiger charge is -2.35. The molecule has 0 saturated carbocycles. The minimum atomic E-state index is -0.842. The van der Waals surface area contributed by atoms with Gasteiger partial charge in [0.15, 0.2) is 0 Å². The Morgan fingerprint density at radius 3 is 2.31 bits per heavy atom. The highest BCUT2D eigenvalue weighted by Gasteiger charge is 2.44. The Bertz CT molecular complexity index is 2360. The van der Waals surface area contributed by atoms with Crippen molar-refractivity contribution in [2.75, 3.05) is 44.2 Å². The largest absolute Gasteiger partial charge is 0.508 e. The van der Waals surface area contributed by atoms with Crippen LogP contribution >= 0.6 is 0 Å². The van der Waals surface area contributed by atoms with Gasteiger partial charge in [-0.25, -0.2) is 4.98 Å². The van der Waals surface area contributed by atoms with Crippen molar-refractivity contribution in [2.45, 2.75) is 43.6 Å². The number of piperidine rings is 1. The van der Waals surface area contributed by atoms with Crippen LogP contribution in [0.15, 0.2) is 122 Å². The molecular weight excluding hydrogens is 731 g/mol. The topological polar surface area (TPSA) is 125 Å². The maximum Gasteiger partial charge on any atom is 0.262 e. The maximum absolute atomic E-state index is 13.2. The second kappa shape index (κ2) is 15.8. The molecule has 4 aromatic carbocycles. The maximum atomic E-state index is 13.2. The molecule has 4 heterocycles. The van der Waals surface area contributed by atoms with Gasteiger partial charge in [-0.05, 0) is 102 Å². The first-order valence-electron chi connectivity index (χ1n) is 20.0. The molecule has 294 valence electrons. The Labute approximate surface area is 337 Å². The number of phenols is 1. The van der Waals surface area contributed by atoms with Gasteiger partial charge in [-0.1, -0.05) is 55.1 Å². The third kappa shape index (κ3) is 7.41. The average molecular weight is 776 g/mol. The van der Waals surface area contributed by atoms with Crippen LogP contribution in [0.25, 0.3) is 0 Å². The lowest BCUT2D eigenvalue weighted by Crippen LogP contribution is -2.51. The fourth-order valence-electron chi connectivity index (χ4n) is 8.90. The predicted octanol–water partition coefficient (Wildman–Crippen LogP) is 7.03. The molecule has 3 amide bonds. The number of hydrogen-bond acceptors (Lipinski definition) is 9. The van der Waals surface area contributed by atoms with E-state index in [9.17, 15) is 19.5 Å². The van der Waals surface area contributed by atoms with Gasteiger partial charge < -0.3 is 24.8 Å². The zero-order chi connectivity index (χ0) is 39.8. The SMILES string of the molecule is C=C1CCC(N2C(=O)c3ccc(OCCN4CCN(c5ccc(Oc6ccc([C@@H]7c8ccc(O)cc8CC[C@@H]7c7ccccc7)cc6)nc5)CC4)cc3C2=O)C(=O)N1. The molecule has 0 radical (unpaired) electrons. The van der Waals surface area contributed by atoms with E-state index >= 15 is 0 Å². The number of aryl methyl sites for hydroxylation is 1. The number of carbonyl (C=O) groups is 3. The zero-order valence-electron chi connectivity index (χ0n) is 32.2. The number of piperazine rings is 1. The van der Waals surface area contributed by atoms with E-state index in [1.165, 1.54) is 22.3 Å². The number of allylic oxidation sites excluding steroid dienone is 1. The minimum Gasteiger partial charge on any atom is -0.508 e. The van der Waals surface area contributed by atoms with Crippen LogP contribution in [0.5, 0.6) is 23.1 Å². The second-order valence-electron chi connectivity index (χ2n) is 15.5. The summed E-state index contributed by atoms with van der Waals surface area (Å²) in [5.41, 5.74) is 7.19. The van der Waals surface area contributed by atoms with Crippen molar-refractivity contribution in [3.05, 3.63) is 155 Å². The summed E-state index contributed by atoms with van der Waals surface area (Å²) in [6.07, 6.45) is 4.68. The minimum absolute atomic E-state index is 0.170. The number of hydrogen-bond donors (Lipinski definition) is 2. The lowest BCUT2D eigenvalue weighted by molar-refractivity contribution is -0.125. The third-order valence-corrected chi connectivity index (χ3v) is 11.9. The summed E-state index contributed by atoms with van der Waals surface area (Å²) >= 11 is 0. The number of anilines is 1.